The zero-order valence-electron chi connectivity index (χ0n) is 9.38. The van der Waals surface area contributed by atoms with Gasteiger partial charge in [-0.15, -0.1) is 0 Å². The van der Waals surface area contributed by atoms with Gasteiger partial charge in [-0.25, -0.2) is 4.79 Å². The number of fused-ring (bicyclic) bond motifs is 1. The van der Waals surface area contributed by atoms with Gasteiger partial charge in [0.25, 0.3) is 0 Å². The molecule has 1 fully saturated rings. The standard InChI is InChI=1S/C12H16BrNO2/c1-2-16-12(15)10-9-6-4-3-5-8(9)7-14-11(10)13/h7,11,14H,2-6H2,1H3. The largest absolute Gasteiger partial charge is 0.463 e. The van der Waals surface area contributed by atoms with Gasteiger partial charge in [0.05, 0.1) is 12.2 Å². The third-order valence-electron chi connectivity index (χ3n) is 2.99. The molecule has 0 aromatic heterocycles. The molecule has 1 aliphatic carbocycles. The molecule has 1 N–H and O–H groups in total. The summed E-state index contributed by atoms with van der Waals surface area (Å²) in [6.07, 6.45) is 6.45. The highest BCUT2D eigenvalue weighted by molar-refractivity contribution is 9.09. The number of hydrogen-bond donors (Lipinski definition) is 1. The summed E-state index contributed by atoms with van der Waals surface area (Å²) in [4.78, 5) is 11.8. The molecule has 16 heavy (non-hydrogen) atoms. The summed E-state index contributed by atoms with van der Waals surface area (Å²) in [5.74, 6) is -0.195. The number of rotatable bonds is 2. The van der Waals surface area contributed by atoms with Crippen molar-refractivity contribution in [1.29, 1.82) is 0 Å². The molecule has 1 atom stereocenters. The first-order chi connectivity index (χ1) is 7.74. The summed E-state index contributed by atoms with van der Waals surface area (Å²) >= 11 is 3.47. The van der Waals surface area contributed by atoms with Gasteiger partial charge in [0, 0.05) is 6.20 Å². The van der Waals surface area contributed by atoms with Crippen LogP contribution in [0, 0.1) is 0 Å². The Morgan fingerprint density at radius 2 is 2.31 bits per heavy atom. The van der Waals surface area contributed by atoms with Crippen LogP contribution in [-0.4, -0.2) is 17.5 Å². The first-order valence-electron chi connectivity index (χ1n) is 5.73. The van der Waals surface area contributed by atoms with Crippen molar-refractivity contribution in [1.82, 2.24) is 5.32 Å². The van der Waals surface area contributed by atoms with Crippen molar-refractivity contribution in [2.24, 2.45) is 0 Å². The maximum atomic E-state index is 11.9. The summed E-state index contributed by atoms with van der Waals surface area (Å²) < 4.78 is 5.11. The average molecular weight is 286 g/mol. The van der Waals surface area contributed by atoms with E-state index in [1.54, 1.807) is 0 Å². The van der Waals surface area contributed by atoms with Gasteiger partial charge >= 0.3 is 5.97 Å². The van der Waals surface area contributed by atoms with Gasteiger partial charge in [0.2, 0.25) is 0 Å². The lowest BCUT2D eigenvalue weighted by molar-refractivity contribution is -0.138. The third kappa shape index (κ3) is 2.17. The van der Waals surface area contributed by atoms with Crippen LogP contribution in [0.15, 0.2) is 22.9 Å². The minimum atomic E-state index is -0.195. The van der Waals surface area contributed by atoms with E-state index in [0.29, 0.717) is 6.61 Å². The van der Waals surface area contributed by atoms with Crippen LogP contribution in [0.3, 0.4) is 0 Å². The van der Waals surface area contributed by atoms with Gasteiger partial charge in [0.15, 0.2) is 0 Å². The highest BCUT2D eigenvalue weighted by Crippen LogP contribution is 2.35. The van der Waals surface area contributed by atoms with E-state index >= 15 is 0 Å². The summed E-state index contributed by atoms with van der Waals surface area (Å²) in [7, 11) is 0. The molecule has 0 aromatic carbocycles. The van der Waals surface area contributed by atoms with Crippen molar-refractivity contribution in [2.45, 2.75) is 37.6 Å². The zero-order valence-corrected chi connectivity index (χ0v) is 11.0. The van der Waals surface area contributed by atoms with Crippen LogP contribution in [-0.2, 0) is 9.53 Å². The van der Waals surface area contributed by atoms with Gasteiger partial charge in [-0.05, 0) is 43.8 Å². The van der Waals surface area contributed by atoms with E-state index in [-0.39, 0.29) is 10.9 Å². The molecule has 0 aromatic rings. The molecule has 4 heteroatoms. The fraction of sp³-hybridized carbons (Fsp3) is 0.583. The Balaban J connectivity index is 2.31. The van der Waals surface area contributed by atoms with Crippen molar-refractivity contribution in [2.75, 3.05) is 6.61 Å². The van der Waals surface area contributed by atoms with E-state index in [4.69, 9.17) is 4.74 Å². The Morgan fingerprint density at radius 1 is 1.56 bits per heavy atom. The number of carbonyl (C=O) groups excluding carboxylic acids is 1. The van der Waals surface area contributed by atoms with Crippen LogP contribution in [0.25, 0.3) is 0 Å². The van der Waals surface area contributed by atoms with Crippen LogP contribution in [0.1, 0.15) is 32.6 Å². The van der Waals surface area contributed by atoms with Crippen molar-refractivity contribution >= 4 is 21.9 Å². The monoisotopic (exact) mass is 285 g/mol. The van der Waals surface area contributed by atoms with Crippen molar-refractivity contribution in [3.63, 3.8) is 0 Å². The Morgan fingerprint density at radius 3 is 3.06 bits per heavy atom. The Labute approximate surface area is 104 Å². The maximum Gasteiger partial charge on any atom is 0.337 e. The number of esters is 1. The van der Waals surface area contributed by atoms with E-state index in [2.05, 4.69) is 21.2 Å². The zero-order chi connectivity index (χ0) is 11.5. The van der Waals surface area contributed by atoms with Crippen molar-refractivity contribution < 1.29 is 9.53 Å². The average Bonchev–Trinajstić information content (AvgIpc) is 2.29. The van der Waals surface area contributed by atoms with E-state index in [1.165, 1.54) is 17.6 Å². The molecule has 2 rings (SSSR count). The predicted octanol–water partition coefficient (Wildman–Crippen LogP) is 2.63. The molecule has 0 amide bonds. The van der Waals surface area contributed by atoms with Gasteiger partial charge in [-0.3, -0.25) is 0 Å². The number of alkyl halides is 1. The third-order valence-corrected chi connectivity index (χ3v) is 3.71. The molecule has 3 nitrogen and oxygen atoms in total. The Bertz CT molecular complexity index is 360. The lowest BCUT2D eigenvalue weighted by Crippen LogP contribution is -2.32. The van der Waals surface area contributed by atoms with Crippen molar-refractivity contribution in [3.05, 3.63) is 22.9 Å². The first-order valence-corrected chi connectivity index (χ1v) is 6.65. The summed E-state index contributed by atoms with van der Waals surface area (Å²) in [6, 6.07) is 0. The summed E-state index contributed by atoms with van der Waals surface area (Å²) in [5.41, 5.74) is 3.22. The number of ether oxygens (including phenoxy) is 1. The maximum absolute atomic E-state index is 11.9. The molecule has 1 aliphatic heterocycles. The second-order valence-electron chi connectivity index (χ2n) is 4.02. The second kappa shape index (κ2) is 5.04. The van der Waals surface area contributed by atoms with Gasteiger partial charge < -0.3 is 10.1 Å². The normalized spacial score (nSPS) is 24.4. The Hall–Kier alpha value is -0.770. The fourth-order valence-electron chi connectivity index (χ4n) is 2.24. The Kier molecular flexibility index (Phi) is 3.69. The minimum Gasteiger partial charge on any atom is -0.463 e. The number of allylic oxidation sites excluding steroid dienone is 2. The molecule has 1 heterocycles. The number of dihydropyridines is 1. The molecule has 2 aliphatic rings. The van der Waals surface area contributed by atoms with E-state index in [9.17, 15) is 4.79 Å². The molecule has 1 saturated carbocycles. The summed E-state index contributed by atoms with van der Waals surface area (Å²) in [6.45, 7) is 2.26. The first kappa shape index (κ1) is 11.7. The molecule has 0 bridgehead atoms. The number of nitrogens with one attached hydrogen (secondary N) is 1. The van der Waals surface area contributed by atoms with Crippen LogP contribution in [0.5, 0.6) is 0 Å². The van der Waals surface area contributed by atoms with E-state index in [1.807, 2.05) is 13.1 Å². The van der Waals surface area contributed by atoms with Crippen LogP contribution < -0.4 is 5.32 Å². The minimum absolute atomic E-state index is 0.108. The second-order valence-corrected chi connectivity index (χ2v) is 4.93. The molecule has 0 spiro atoms. The number of hydrogen-bond acceptors (Lipinski definition) is 3. The van der Waals surface area contributed by atoms with Crippen LogP contribution >= 0.6 is 15.9 Å². The predicted molar refractivity (Wildman–Crippen MR) is 66.1 cm³/mol. The quantitative estimate of drug-likeness (QED) is 0.482. The topological polar surface area (TPSA) is 38.3 Å². The molecular formula is C12H16BrNO2. The smallest absolute Gasteiger partial charge is 0.337 e. The lowest BCUT2D eigenvalue weighted by atomic mass is 9.85. The molecule has 88 valence electrons. The highest BCUT2D eigenvalue weighted by atomic mass is 79.9. The van der Waals surface area contributed by atoms with E-state index in [0.717, 1.165) is 24.8 Å². The number of halogens is 1. The van der Waals surface area contributed by atoms with Gasteiger partial charge in [-0.1, -0.05) is 15.9 Å². The van der Waals surface area contributed by atoms with Gasteiger partial charge in [-0.2, -0.15) is 0 Å². The van der Waals surface area contributed by atoms with Crippen LogP contribution in [0.4, 0.5) is 0 Å². The van der Waals surface area contributed by atoms with Crippen LogP contribution in [0.2, 0.25) is 0 Å². The van der Waals surface area contributed by atoms with Gasteiger partial charge in [0.1, 0.15) is 4.95 Å². The number of carbonyl (C=O) groups is 1. The summed E-state index contributed by atoms with van der Waals surface area (Å²) in [5, 5.41) is 3.17. The van der Waals surface area contributed by atoms with E-state index < -0.39 is 0 Å². The SMILES string of the molecule is CCOC(=O)C1=C2CCCCC2=CNC1Br. The fourth-order valence-corrected chi connectivity index (χ4v) is 2.84. The molecular weight excluding hydrogens is 270 g/mol. The van der Waals surface area contributed by atoms with Crippen molar-refractivity contribution in [3.8, 4) is 0 Å². The lowest BCUT2D eigenvalue weighted by Gasteiger charge is -2.28. The molecule has 1 unspecified atom stereocenters. The highest BCUT2D eigenvalue weighted by Gasteiger charge is 2.29. The molecule has 0 saturated heterocycles. The molecule has 0 radical (unpaired) electrons.